The third-order valence-corrected chi connectivity index (χ3v) is 5.30. The van der Waals surface area contributed by atoms with Crippen LogP contribution >= 0.6 is 0 Å². The molecule has 1 aromatic heterocycles. The fraction of sp³-hybridized carbons (Fsp3) is 0.450. The van der Waals surface area contributed by atoms with Crippen LogP contribution in [-0.2, 0) is 6.42 Å². The first-order valence-corrected chi connectivity index (χ1v) is 9.05. The third kappa shape index (κ3) is 2.41. The number of nitrogens with one attached hydrogen (secondary N) is 1. The molecule has 0 aliphatic carbocycles. The number of furan rings is 1. The minimum absolute atomic E-state index is 0.241. The van der Waals surface area contributed by atoms with Gasteiger partial charge in [0.2, 0.25) is 5.88 Å². The normalized spacial score (nSPS) is 19.8. The van der Waals surface area contributed by atoms with Crippen molar-refractivity contribution in [2.45, 2.75) is 52.7 Å². The van der Waals surface area contributed by atoms with Gasteiger partial charge in [0.05, 0.1) is 5.69 Å². The summed E-state index contributed by atoms with van der Waals surface area (Å²) >= 11 is 0. The molecule has 0 saturated heterocycles. The Bertz CT molecular complexity index is 877. The number of anilines is 2. The number of benzene rings is 1. The van der Waals surface area contributed by atoms with Gasteiger partial charge in [0, 0.05) is 42.2 Å². The van der Waals surface area contributed by atoms with Crippen molar-refractivity contribution < 1.29 is 4.42 Å². The molecule has 0 radical (unpaired) electrons. The van der Waals surface area contributed by atoms with E-state index >= 15 is 0 Å². The molecule has 0 spiro atoms. The van der Waals surface area contributed by atoms with Crippen LogP contribution < -0.4 is 10.2 Å². The second-order valence-corrected chi connectivity index (χ2v) is 7.20. The number of aryl methyl sites for hydroxylation is 1. The Morgan fingerprint density at radius 3 is 2.72 bits per heavy atom. The van der Waals surface area contributed by atoms with Crippen LogP contribution in [0.4, 0.5) is 17.3 Å². The van der Waals surface area contributed by atoms with Gasteiger partial charge in [-0.15, -0.1) is 0 Å². The number of fused-ring (bicyclic) bond motifs is 3. The van der Waals surface area contributed by atoms with Gasteiger partial charge >= 0.3 is 0 Å². The number of hydrogen-bond donors (Lipinski definition) is 1. The van der Waals surface area contributed by atoms with Gasteiger partial charge in [-0.3, -0.25) is 0 Å². The zero-order chi connectivity index (χ0) is 17.7. The smallest absolute Gasteiger partial charge is 0.223 e. The van der Waals surface area contributed by atoms with E-state index in [4.69, 9.17) is 4.42 Å². The van der Waals surface area contributed by atoms with E-state index in [1.807, 2.05) is 7.05 Å². The molecule has 132 valence electrons. The number of aliphatic imine (C=N–C) groups is 1. The van der Waals surface area contributed by atoms with Crippen molar-refractivity contribution in [3.8, 4) is 0 Å². The highest BCUT2D eigenvalue weighted by Crippen LogP contribution is 2.45. The van der Waals surface area contributed by atoms with Gasteiger partial charge in [0.25, 0.3) is 0 Å². The fourth-order valence-corrected chi connectivity index (χ4v) is 3.92. The van der Waals surface area contributed by atoms with Crippen LogP contribution in [0.25, 0.3) is 11.0 Å². The lowest BCUT2D eigenvalue weighted by Gasteiger charge is -2.33. The monoisotopic (exact) mass is 338 g/mol. The lowest BCUT2D eigenvalue weighted by Crippen LogP contribution is -2.39. The highest BCUT2D eigenvalue weighted by Gasteiger charge is 2.30. The molecule has 1 unspecified atom stereocenters. The van der Waals surface area contributed by atoms with Crippen molar-refractivity contribution in [1.82, 2.24) is 4.90 Å². The van der Waals surface area contributed by atoms with Crippen LogP contribution in [0, 0.1) is 0 Å². The Labute approximate surface area is 149 Å². The first-order valence-electron chi connectivity index (χ1n) is 9.05. The molecule has 3 heterocycles. The average Bonchev–Trinajstić information content (AvgIpc) is 3.13. The fourth-order valence-electron chi connectivity index (χ4n) is 3.92. The molecule has 2 aliphatic rings. The van der Waals surface area contributed by atoms with Gasteiger partial charge in [-0.05, 0) is 52.7 Å². The maximum atomic E-state index is 6.27. The summed E-state index contributed by atoms with van der Waals surface area (Å²) in [6, 6.07) is 4.76. The maximum absolute atomic E-state index is 6.27. The number of nitrogens with zero attached hydrogens (tertiary/aromatic N) is 3. The lowest BCUT2D eigenvalue weighted by molar-refractivity contribution is 0.263. The van der Waals surface area contributed by atoms with Gasteiger partial charge in [0.1, 0.15) is 11.9 Å². The molecular formula is C20H26N4O. The minimum atomic E-state index is 0.241. The molecule has 1 aromatic carbocycles. The molecule has 0 bridgehead atoms. The van der Waals surface area contributed by atoms with Crippen molar-refractivity contribution in [3.63, 3.8) is 0 Å². The molecule has 1 atom stereocenters. The first-order chi connectivity index (χ1) is 12.0. The minimum Gasteiger partial charge on any atom is -0.436 e. The van der Waals surface area contributed by atoms with E-state index < -0.39 is 0 Å². The molecule has 0 saturated carbocycles. The Morgan fingerprint density at radius 1 is 1.24 bits per heavy atom. The van der Waals surface area contributed by atoms with E-state index in [0.29, 0.717) is 6.04 Å². The van der Waals surface area contributed by atoms with Crippen LogP contribution in [-0.4, -0.2) is 29.9 Å². The van der Waals surface area contributed by atoms with Gasteiger partial charge < -0.3 is 19.5 Å². The van der Waals surface area contributed by atoms with E-state index in [2.05, 4.69) is 72.3 Å². The topological polar surface area (TPSA) is 44.0 Å². The highest BCUT2D eigenvalue weighted by molar-refractivity contribution is 6.02. The molecule has 2 aromatic rings. The van der Waals surface area contributed by atoms with Gasteiger partial charge in [-0.1, -0.05) is 0 Å². The van der Waals surface area contributed by atoms with E-state index in [1.165, 1.54) is 10.9 Å². The molecule has 0 amide bonds. The second kappa shape index (κ2) is 5.83. The molecule has 5 nitrogen and oxygen atoms in total. The SMILES string of the molecule is CNc1ccc2c3c(oc2c1N1C=CN(C(C)C)C1C)N=C(C)CC3. The summed E-state index contributed by atoms with van der Waals surface area (Å²) in [5.74, 6) is 0.782. The van der Waals surface area contributed by atoms with Crippen molar-refractivity contribution in [1.29, 1.82) is 0 Å². The van der Waals surface area contributed by atoms with Gasteiger partial charge in [-0.2, -0.15) is 0 Å². The predicted molar refractivity (Wildman–Crippen MR) is 105 cm³/mol. The summed E-state index contributed by atoms with van der Waals surface area (Å²) in [6.07, 6.45) is 6.56. The van der Waals surface area contributed by atoms with Crippen molar-refractivity contribution in [2.24, 2.45) is 4.99 Å². The molecule has 0 fully saturated rings. The maximum Gasteiger partial charge on any atom is 0.223 e. The number of hydrogen-bond acceptors (Lipinski definition) is 5. The molecular weight excluding hydrogens is 312 g/mol. The van der Waals surface area contributed by atoms with Crippen LogP contribution in [0.2, 0.25) is 0 Å². The van der Waals surface area contributed by atoms with E-state index in [0.717, 1.165) is 41.4 Å². The Kier molecular flexibility index (Phi) is 3.74. The molecule has 1 N–H and O–H groups in total. The largest absolute Gasteiger partial charge is 0.436 e. The summed E-state index contributed by atoms with van der Waals surface area (Å²) in [6.45, 7) is 8.73. The Balaban J connectivity index is 1.90. The first kappa shape index (κ1) is 16.1. The molecule has 25 heavy (non-hydrogen) atoms. The van der Waals surface area contributed by atoms with Gasteiger partial charge in [-0.25, -0.2) is 4.99 Å². The van der Waals surface area contributed by atoms with Crippen molar-refractivity contribution >= 4 is 33.9 Å². The summed E-state index contributed by atoms with van der Waals surface area (Å²) < 4.78 is 6.27. The van der Waals surface area contributed by atoms with E-state index in [9.17, 15) is 0 Å². The number of rotatable bonds is 3. The quantitative estimate of drug-likeness (QED) is 0.868. The zero-order valence-corrected chi connectivity index (χ0v) is 15.6. The second-order valence-electron chi connectivity index (χ2n) is 7.20. The van der Waals surface area contributed by atoms with Crippen molar-refractivity contribution in [3.05, 3.63) is 30.1 Å². The summed E-state index contributed by atoms with van der Waals surface area (Å²) in [7, 11) is 1.96. The zero-order valence-electron chi connectivity index (χ0n) is 15.6. The van der Waals surface area contributed by atoms with Crippen LogP contribution in [0.15, 0.2) is 33.9 Å². The summed E-state index contributed by atoms with van der Waals surface area (Å²) in [5, 5.41) is 4.51. The summed E-state index contributed by atoms with van der Waals surface area (Å²) in [5.41, 5.74) is 5.47. The molecule has 2 aliphatic heterocycles. The molecule has 5 heteroatoms. The van der Waals surface area contributed by atoms with Crippen molar-refractivity contribution in [2.75, 3.05) is 17.3 Å². The molecule has 4 rings (SSSR count). The predicted octanol–water partition coefficient (Wildman–Crippen LogP) is 4.86. The Morgan fingerprint density at radius 2 is 2.04 bits per heavy atom. The average molecular weight is 338 g/mol. The standard InChI is InChI=1S/C20H26N4O/c1-12(2)23-10-11-24(14(23)4)18-17(21-5)9-8-15-16-7-6-13(3)22-20(16)25-19(15)18/h8-12,14,21H,6-7H2,1-5H3. The van der Waals surface area contributed by atoms with E-state index in [-0.39, 0.29) is 6.17 Å². The highest BCUT2D eigenvalue weighted by atomic mass is 16.3. The van der Waals surface area contributed by atoms with E-state index in [1.54, 1.807) is 0 Å². The van der Waals surface area contributed by atoms with Crippen LogP contribution in [0.1, 0.15) is 39.7 Å². The van der Waals surface area contributed by atoms with Crippen LogP contribution in [0.5, 0.6) is 0 Å². The van der Waals surface area contributed by atoms with Crippen LogP contribution in [0.3, 0.4) is 0 Å². The summed E-state index contributed by atoms with van der Waals surface area (Å²) in [4.78, 5) is 9.29. The van der Waals surface area contributed by atoms with Gasteiger partial charge in [0.15, 0.2) is 5.58 Å². The third-order valence-electron chi connectivity index (χ3n) is 5.30. The lowest BCUT2D eigenvalue weighted by atomic mass is 10.0. The Hall–Kier alpha value is -2.43.